The third-order valence-corrected chi connectivity index (χ3v) is 3.62. The van der Waals surface area contributed by atoms with Crippen molar-refractivity contribution in [3.05, 3.63) is 65.7 Å². The van der Waals surface area contributed by atoms with Crippen molar-refractivity contribution in [1.29, 1.82) is 0 Å². The molecule has 0 aliphatic carbocycles. The number of para-hydroxylation sites is 1. The van der Waals surface area contributed by atoms with E-state index in [1.807, 2.05) is 43.3 Å². The summed E-state index contributed by atoms with van der Waals surface area (Å²) in [7, 11) is 1.43. The first-order valence-electron chi connectivity index (χ1n) is 7.67. The normalized spacial score (nSPS) is 13.0. The molecule has 0 aliphatic rings. The maximum Gasteiger partial charge on any atom is 0.340 e. The summed E-state index contributed by atoms with van der Waals surface area (Å²) < 4.78 is 10.5. The highest BCUT2D eigenvalue weighted by atomic mass is 16.6. The smallest absolute Gasteiger partial charge is 0.340 e. The Labute approximate surface area is 141 Å². The van der Waals surface area contributed by atoms with E-state index in [9.17, 15) is 9.59 Å². The lowest BCUT2D eigenvalue weighted by Crippen LogP contribution is -2.32. The van der Waals surface area contributed by atoms with Crippen molar-refractivity contribution in [2.75, 3.05) is 12.4 Å². The van der Waals surface area contributed by atoms with E-state index in [-0.39, 0.29) is 5.91 Å². The van der Waals surface area contributed by atoms with Crippen LogP contribution in [0, 0.1) is 6.92 Å². The van der Waals surface area contributed by atoms with Crippen LogP contribution in [0.15, 0.2) is 54.6 Å². The zero-order valence-corrected chi connectivity index (χ0v) is 14.0. The number of hydrogen-bond donors (Lipinski definition) is 1. The number of rotatable bonds is 6. The number of aryl methyl sites for hydroxylation is 1. The molecule has 0 saturated carbocycles. The number of nitrogens with one attached hydrogen (secondary N) is 1. The predicted molar refractivity (Wildman–Crippen MR) is 91.6 cm³/mol. The largest absolute Gasteiger partial charge is 0.450 e. The van der Waals surface area contributed by atoms with E-state index in [0.29, 0.717) is 11.3 Å². The molecule has 126 valence electrons. The Balaban J connectivity index is 2.00. The number of anilines is 1. The molecule has 2 atom stereocenters. The van der Waals surface area contributed by atoms with E-state index in [1.54, 1.807) is 18.2 Å². The second kappa shape index (κ2) is 8.26. The van der Waals surface area contributed by atoms with Gasteiger partial charge in [0.05, 0.1) is 0 Å². The number of ether oxygens (including phenoxy) is 2. The van der Waals surface area contributed by atoms with Gasteiger partial charge in [0.15, 0.2) is 12.2 Å². The van der Waals surface area contributed by atoms with E-state index < -0.39 is 18.2 Å². The molecule has 24 heavy (non-hydrogen) atoms. The van der Waals surface area contributed by atoms with Gasteiger partial charge in [-0.05, 0) is 31.0 Å². The third-order valence-electron chi connectivity index (χ3n) is 3.62. The lowest BCUT2D eigenvalue weighted by Gasteiger charge is -2.19. The first-order chi connectivity index (χ1) is 11.5. The number of carbonyl (C=O) groups is 2. The Morgan fingerprint density at radius 2 is 1.62 bits per heavy atom. The highest BCUT2D eigenvalue weighted by Gasteiger charge is 2.26. The molecular formula is C19H21NO4. The van der Waals surface area contributed by atoms with Crippen LogP contribution in [0.4, 0.5) is 5.69 Å². The molecule has 0 aromatic heterocycles. The van der Waals surface area contributed by atoms with E-state index in [2.05, 4.69) is 5.32 Å². The molecule has 0 aliphatic heterocycles. The van der Waals surface area contributed by atoms with Crippen molar-refractivity contribution in [1.82, 2.24) is 0 Å². The fraction of sp³-hybridized carbons (Fsp3) is 0.263. The van der Waals surface area contributed by atoms with Crippen LogP contribution in [0.25, 0.3) is 0 Å². The summed E-state index contributed by atoms with van der Waals surface area (Å²) in [5.74, 6) is -0.989. The Morgan fingerprint density at radius 3 is 2.25 bits per heavy atom. The minimum absolute atomic E-state index is 0.388. The quantitative estimate of drug-likeness (QED) is 0.827. The van der Waals surface area contributed by atoms with Crippen LogP contribution in [0.1, 0.15) is 24.2 Å². The Hall–Kier alpha value is -2.66. The van der Waals surface area contributed by atoms with Gasteiger partial charge in [-0.15, -0.1) is 0 Å². The van der Waals surface area contributed by atoms with Crippen LogP contribution in [-0.2, 0) is 19.1 Å². The standard InChI is InChI=1S/C19H21NO4/c1-13-9-7-8-12-16(13)20-18(21)14(2)24-19(22)17(23-3)15-10-5-4-6-11-15/h4-12,14,17H,1-3H3,(H,20,21)/t14-,17-/m1/s1. The van der Waals surface area contributed by atoms with Crippen LogP contribution in [0.2, 0.25) is 0 Å². The first kappa shape index (κ1) is 17.7. The van der Waals surface area contributed by atoms with Gasteiger partial charge in [0.2, 0.25) is 0 Å². The van der Waals surface area contributed by atoms with Gasteiger partial charge in [-0.25, -0.2) is 4.79 Å². The molecule has 0 unspecified atom stereocenters. The molecule has 0 heterocycles. The molecular weight excluding hydrogens is 306 g/mol. The highest BCUT2D eigenvalue weighted by Crippen LogP contribution is 2.19. The van der Waals surface area contributed by atoms with E-state index in [4.69, 9.17) is 9.47 Å². The number of hydrogen-bond acceptors (Lipinski definition) is 4. The average molecular weight is 327 g/mol. The number of amides is 1. The Kier molecular flexibility index (Phi) is 6.09. The van der Waals surface area contributed by atoms with Gasteiger partial charge in [0, 0.05) is 12.8 Å². The van der Waals surface area contributed by atoms with Crippen molar-refractivity contribution >= 4 is 17.6 Å². The van der Waals surface area contributed by atoms with Crippen molar-refractivity contribution < 1.29 is 19.1 Å². The maximum atomic E-state index is 12.3. The van der Waals surface area contributed by atoms with Crippen LogP contribution < -0.4 is 5.32 Å². The third kappa shape index (κ3) is 4.43. The lowest BCUT2D eigenvalue weighted by molar-refractivity contribution is -0.163. The molecule has 5 heteroatoms. The average Bonchev–Trinajstić information content (AvgIpc) is 2.58. The second-order valence-electron chi connectivity index (χ2n) is 5.41. The Morgan fingerprint density at radius 1 is 1.00 bits per heavy atom. The van der Waals surface area contributed by atoms with Crippen molar-refractivity contribution in [2.45, 2.75) is 26.1 Å². The predicted octanol–water partition coefficient (Wildman–Crippen LogP) is 3.25. The monoisotopic (exact) mass is 327 g/mol. The van der Waals surface area contributed by atoms with Gasteiger partial charge < -0.3 is 14.8 Å². The fourth-order valence-electron chi connectivity index (χ4n) is 2.23. The molecule has 2 aromatic rings. The molecule has 0 bridgehead atoms. The van der Waals surface area contributed by atoms with Crippen molar-refractivity contribution in [2.24, 2.45) is 0 Å². The van der Waals surface area contributed by atoms with Crippen LogP contribution in [-0.4, -0.2) is 25.1 Å². The van der Waals surface area contributed by atoms with Gasteiger partial charge in [-0.2, -0.15) is 0 Å². The SMILES string of the molecule is CO[C@@H](C(=O)O[C@H](C)C(=O)Nc1ccccc1C)c1ccccc1. The molecule has 0 fully saturated rings. The summed E-state index contributed by atoms with van der Waals surface area (Å²) in [6.45, 7) is 3.42. The first-order valence-corrected chi connectivity index (χ1v) is 7.67. The van der Waals surface area contributed by atoms with E-state index in [0.717, 1.165) is 5.56 Å². The summed E-state index contributed by atoms with van der Waals surface area (Å²) in [4.78, 5) is 24.5. The van der Waals surface area contributed by atoms with Crippen molar-refractivity contribution in [3.63, 3.8) is 0 Å². The van der Waals surface area contributed by atoms with Crippen LogP contribution in [0.5, 0.6) is 0 Å². The summed E-state index contributed by atoms with van der Waals surface area (Å²) in [5.41, 5.74) is 2.30. The van der Waals surface area contributed by atoms with Crippen LogP contribution in [0.3, 0.4) is 0 Å². The van der Waals surface area contributed by atoms with Crippen molar-refractivity contribution in [3.8, 4) is 0 Å². The molecule has 5 nitrogen and oxygen atoms in total. The Bertz CT molecular complexity index is 700. The van der Waals surface area contributed by atoms with Gasteiger partial charge >= 0.3 is 5.97 Å². The number of benzene rings is 2. The minimum Gasteiger partial charge on any atom is -0.450 e. The maximum absolute atomic E-state index is 12.3. The molecule has 2 aromatic carbocycles. The van der Waals surface area contributed by atoms with Gasteiger partial charge in [0.1, 0.15) is 0 Å². The lowest BCUT2D eigenvalue weighted by atomic mass is 10.1. The molecule has 0 saturated heterocycles. The summed E-state index contributed by atoms with van der Waals surface area (Å²) in [6, 6.07) is 16.4. The summed E-state index contributed by atoms with van der Waals surface area (Å²) in [6.07, 6.45) is -1.79. The van der Waals surface area contributed by atoms with Gasteiger partial charge in [-0.1, -0.05) is 48.5 Å². The zero-order chi connectivity index (χ0) is 17.5. The van der Waals surface area contributed by atoms with Gasteiger partial charge in [-0.3, -0.25) is 4.79 Å². The highest BCUT2D eigenvalue weighted by molar-refractivity contribution is 5.95. The minimum atomic E-state index is -0.932. The van der Waals surface area contributed by atoms with E-state index in [1.165, 1.54) is 14.0 Å². The van der Waals surface area contributed by atoms with Crippen LogP contribution >= 0.6 is 0 Å². The number of carbonyl (C=O) groups excluding carboxylic acids is 2. The zero-order valence-electron chi connectivity index (χ0n) is 14.0. The second-order valence-corrected chi connectivity index (χ2v) is 5.41. The molecule has 1 N–H and O–H groups in total. The molecule has 2 rings (SSSR count). The molecule has 1 amide bonds. The fourth-order valence-corrected chi connectivity index (χ4v) is 2.23. The van der Waals surface area contributed by atoms with E-state index >= 15 is 0 Å². The number of esters is 1. The summed E-state index contributed by atoms with van der Waals surface area (Å²) in [5, 5.41) is 2.76. The molecule has 0 spiro atoms. The van der Waals surface area contributed by atoms with Gasteiger partial charge in [0.25, 0.3) is 5.91 Å². The summed E-state index contributed by atoms with van der Waals surface area (Å²) >= 11 is 0. The number of methoxy groups -OCH3 is 1. The topological polar surface area (TPSA) is 64.6 Å². The molecule has 0 radical (unpaired) electrons.